The van der Waals surface area contributed by atoms with E-state index in [2.05, 4.69) is 33.7 Å². The lowest BCUT2D eigenvalue weighted by molar-refractivity contribution is 0.148. The summed E-state index contributed by atoms with van der Waals surface area (Å²) in [4.78, 5) is 2.41. The molecule has 0 bridgehead atoms. The highest BCUT2D eigenvalue weighted by Crippen LogP contribution is 2.40. The van der Waals surface area contributed by atoms with Gasteiger partial charge in [0.15, 0.2) is 0 Å². The largest absolute Gasteiger partial charge is 0.386 e. The van der Waals surface area contributed by atoms with Crippen molar-refractivity contribution >= 4 is 0 Å². The summed E-state index contributed by atoms with van der Waals surface area (Å²) in [6.45, 7) is 5.66. The summed E-state index contributed by atoms with van der Waals surface area (Å²) >= 11 is 0. The lowest BCUT2D eigenvalue weighted by Crippen LogP contribution is -2.23. The van der Waals surface area contributed by atoms with Crippen molar-refractivity contribution in [2.75, 3.05) is 6.54 Å². The van der Waals surface area contributed by atoms with Crippen molar-refractivity contribution in [2.24, 2.45) is 13.0 Å². The monoisotopic (exact) mass is 339 g/mol. The minimum atomic E-state index is -0.401. The van der Waals surface area contributed by atoms with Crippen LogP contribution in [0.5, 0.6) is 0 Å². The van der Waals surface area contributed by atoms with Gasteiger partial charge in [0.25, 0.3) is 0 Å². The highest BCUT2D eigenvalue weighted by Gasteiger charge is 2.33. The first-order chi connectivity index (χ1) is 12.1. The van der Waals surface area contributed by atoms with Crippen LogP contribution >= 0.6 is 0 Å². The second-order valence-corrected chi connectivity index (χ2v) is 7.44. The van der Waals surface area contributed by atoms with Gasteiger partial charge in [0.1, 0.15) is 17.9 Å². The van der Waals surface area contributed by atoms with E-state index in [1.54, 1.807) is 0 Å². The molecule has 6 nitrogen and oxygen atoms in total. The molecule has 0 radical (unpaired) electrons. The Hall–Kier alpha value is -2.10. The number of hydrogen-bond donors (Lipinski definition) is 1. The molecule has 6 heteroatoms. The van der Waals surface area contributed by atoms with Gasteiger partial charge in [-0.3, -0.25) is 9.58 Å². The molecular weight excluding hydrogens is 314 g/mol. The Morgan fingerprint density at radius 2 is 2.16 bits per heavy atom. The Bertz CT molecular complexity index is 824. The van der Waals surface area contributed by atoms with Crippen LogP contribution in [0.2, 0.25) is 0 Å². The summed E-state index contributed by atoms with van der Waals surface area (Å²) in [6, 6.07) is 6.34. The van der Waals surface area contributed by atoms with Crippen LogP contribution in [0.4, 0.5) is 0 Å². The second kappa shape index (κ2) is 6.32. The maximum atomic E-state index is 10.4. The van der Waals surface area contributed by atoms with Crippen molar-refractivity contribution in [3.63, 3.8) is 0 Å². The third-order valence-corrected chi connectivity index (χ3v) is 5.63. The van der Waals surface area contributed by atoms with E-state index < -0.39 is 6.10 Å². The van der Waals surface area contributed by atoms with Crippen molar-refractivity contribution in [1.29, 1.82) is 5.26 Å². The molecule has 1 aliphatic heterocycles. The first-order valence-corrected chi connectivity index (χ1v) is 9.09. The molecule has 1 atom stereocenters. The van der Waals surface area contributed by atoms with Crippen molar-refractivity contribution in [1.82, 2.24) is 19.2 Å². The summed E-state index contributed by atoms with van der Waals surface area (Å²) in [6.07, 6.45) is 2.88. The molecule has 2 aliphatic rings. The molecule has 0 saturated heterocycles. The predicted molar refractivity (Wildman–Crippen MR) is 93.5 cm³/mol. The van der Waals surface area contributed by atoms with Crippen LogP contribution in [0.25, 0.3) is 0 Å². The molecule has 2 aromatic heterocycles. The molecular formula is C19H25N5O. The van der Waals surface area contributed by atoms with Crippen molar-refractivity contribution in [3.05, 3.63) is 40.5 Å². The molecule has 4 rings (SSSR count). The molecule has 1 saturated carbocycles. The van der Waals surface area contributed by atoms with Crippen molar-refractivity contribution in [2.45, 2.75) is 51.9 Å². The number of nitriles is 1. The molecule has 1 N–H and O–H groups in total. The van der Waals surface area contributed by atoms with Crippen LogP contribution in [-0.4, -0.2) is 30.9 Å². The third-order valence-electron chi connectivity index (χ3n) is 5.63. The molecule has 0 amide bonds. The molecule has 132 valence electrons. The number of nitrogens with zero attached hydrogens (tertiary/aromatic N) is 5. The van der Waals surface area contributed by atoms with Crippen molar-refractivity contribution < 1.29 is 5.11 Å². The Morgan fingerprint density at radius 3 is 2.84 bits per heavy atom. The smallest absolute Gasteiger partial charge is 0.120 e. The molecule has 0 aromatic carbocycles. The van der Waals surface area contributed by atoms with E-state index in [9.17, 15) is 10.4 Å². The summed E-state index contributed by atoms with van der Waals surface area (Å²) in [5, 5.41) is 24.2. The number of aliphatic hydroxyl groups excluding tert-OH is 1. The number of aromatic nitrogens is 3. The quantitative estimate of drug-likeness (QED) is 0.927. The molecule has 0 spiro atoms. The maximum Gasteiger partial charge on any atom is 0.120 e. The number of rotatable bonds is 4. The number of hydrogen-bond acceptors (Lipinski definition) is 4. The summed E-state index contributed by atoms with van der Waals surface area (Å²) < 4.78 is 4.03. The zero-order valence-corrected chi connectivity index (χ0v) is 14.9. The zero-order chi connectivity index (χ0) is 17.6. The number of aryl methyl sites for hydroxylation is 1. The van der Waals surface area contributed by atoms with Gasteiger partial charge in [0.05, 0.1) is 11.4 Å². The highest BCUT2D eigenvalue weighted by molar-refractivity contribution is 5.34. The zero-order valence-electron chi connectivity index (χ0n) is 14.9. The first kappa shape index (κ1) is 16.4. The Kier molecular flexibility index (Phi) is 4.14. The minimum absolute atomic E-state index is 0.401. The average molecular weight is 339 g/mol. The van der Waals surface area contributed by atoms with E-state index in [-0.39, 0.29) is 0 Å². The van der Waals surface area contributed by atoms with E-state index >= 15 is 0 Å². The highest BCUT2D eigenvalue weighted by atomic mass is 16.3. The van der Waals surface area contributed by atoms with E-state index in [4.69, 9.17) is 0 Å². The molecule has 1 fully saturated rings. The standard InChI is InChI=1S/C19H25N5O/c1-13-15(8-16(10-20)22(13)2)11-23-6-3-7-24-17(12-23)9-18(21-24)19(25)14-4-5-14/h8-9,14,19,25H,3-7,11-12H2,1-2H3. The summed E-state index contributed by atoms with van der Waals surface area (Å²) in [5.41, 5.74) is 5.09. The van der Waals surface area contributed by atoms with Gasteiger partial charge in [-0.2, -0.15) is 10.4 Å². The second-order valence-electron chi connectivity index (χ2n) is 7.44. The Labute approximate surface area is 148 Å². The normalized spacial score (nSPS) is 19.3. The minimum Gasteiger partial charge on any atom is -0.386 e. The van der Waals surface area contributed by atoms with Gasteiger partial charge in [0, 0.05) is 38.9 Å². The van der Waals surface area contributed by atoms with Gasteiger partial charge in [-0.25, -0.2) is 0 Å². The van der Waals surface area contributed by atoms with Gasteiger partial charge in [0.2, 0.25) is 0 Å². The lowest BCUT2D eigenvalue weighted by Gasteiger charge is -2.19. The molecule has 2 aromatic rings. The fourth-order valence-corrected chi connectivity index (χ4v) is 3.75. The van der Waals surface area contributed by atoms with Gasteiger partial charge in [-0.1, -0.05) is 0 Å². The van der Waals surface area contributed by atoms with Crippen LogP contribution in [-0.2, 0) is 26.7 Å². The molecule has 1 aliphatic carbocycles. The first-order valence-electron chi connectivity index (χ1n) is 9.09. The van der Waals surface area contributed by atoms with Gasteiger partial charge in [-0.05, 0) is 49.8 Å². The maximum absolute atomic E-state index is 10.4. The molecule has 3 heterocycles. The van der Waals surface area contributed by atoms with E-state index in [1.165, 1.54) is 11.3 Å². The predicted octanol–water partition coefficient (Wildman–Crippen LogP) is 2.25. The summed E-state index contributed by atoms with van der Waals surface area (Å²) in [5.74, 6) is 0.409. The number of aliphatic hydroxyl groups is 1. The lowest BCUT2D eigenvalue weighted by atomic mass is 10.1. The van der Waals surface area contributed by atoms with Crippen LogP contribution < -0.4 is 0 Å². The van der Waals surface area contributed by atoms with Crippen LogP contribution in [0.3, 0.4) is 0 Å². The van der Waals surface area contributed by atoms with E-state index in [0.29, 0.717) is 11.6 Å². The van der Waals surface area contributed by atoms with Crippen LogP contribution in [0.15, 0.2) is 12.1 Å². The van der Waals surface area contributed by atoms with Crippen molar-refractivity contribution in [3.8, 4) is 6.07 Å². The van der Waals surface area contributed by atoms with Crippen LogP contribution in [0.1, 0.15) is 53.7 Å². The fraction of sp³-hybridized carbons (Fsp3) is 0.579. The SMILES string of the molecule is Cc1c(CN2CCCn3nc(C(O)C4CC4)cc3C2)cc(C#N)n1C. The van der Waals surface area contributed by atoms with Gasteiger partial charge < -0.3 is 9.67 Å². The van der Waals surface area contributed by atoms with Gasteiger partial charge >= 0.3 is 0 Å². The fourth-order valence-electron chi connectivity index (χ4n) is 3.75. The van der Waals surface area contributed by atoms with E-state index in [1.807, 2.05) is 17.7 Å². The van der Waals surface area contributed by atoms with E-state index in [0.717, 1.165) is 56.8 Å². The summed E-state index contributed by atoms with van der Waals surface area (Å²) in [7, 11) is 1.94. The Balaban J connectivity index is 1.52. The number of fused-ring (bicyclic) bond motifs is 1. The third kappa shape index (κ3) is 3.10. The Morgan fingerprint density at radius 1 is 1.36 bits per heavy atom. The average Bonchev–Trinajstić information content (AvgIpc) is 3.36. The van der Waals surface area contributed by atoms with Gasteiger partial charge in [-0.15, -0.1) is 0 Å². The van der Waals surface area contributed by atoms with Crippen LogP contribution in [0, 0.1) is 24.2 Å². The molecule has 1 unspecified atom stereocenters. The topological polar surface area (TPSA) is 70.0 Å². The molecule has 25 heavy (non-hydrogen) atoms.